The van der Waals surface area contributed by atoms with Gasteiger partial charge in [0.25, 0.3) is 0 Å². The molecule has 4 nitrogen and oxygen atoms in total. The molecule has 0 bridgehead atoms. The van der Waals surface area contributed by atoms with Crippen LogP contribution in [0.1, 0.15) is 11.1 Å². The van der Waals surface area contributed by atoms with E-state index in [1.165, 1.54) is 0 Å². The van der Waals surface area contributed by atoms with E-state index >= 15 is 0 Å². The molecule has 0 spiro atoms. The Morgan fingerprint density at radius 2 is 1.96 bits per heavy atom. The van der Waals surface area contributed by atoms with Crippen LogP contribution < -0.4 is 10.1 Å². The van der Waals surface area contributed by atoms with E-state index in [1.807, 2.05) is 36.4 Å². The van der Waals surface area contributed by atoms with Gasteiger partial charge in [-0.2, -0.15) is 0 Å². The van der Waals surface area contributed by atoms with Crippen LogP contribution in [0.4, 0.5) is 5.69 Å². The average molecular weight is 313 g/mol. The van der Waals surface area contributed by atoms with Crippen LogP contribution in [0.2, 0.25) is 0 Å². The minimum atomic E-state index is -0.130. The zero-order valence-corrected chi connectivity index (χ0v) is 13.4. The number of hydrogen-bond donors (Lipinski definition) is 2. The predicted octanol–water partition coefficient (Wildman–Crippen LogP) is 2.99. The third kappa shape index (κ3) is 3.84. The monoisotopic (exact) mass is 313 g/mol. The Hall–Kier alpha value is -2.04. The van der Waals surface area contributed by atoms with Crippen molar-refractivity contribution in [2.24, 2.45) is 5.41 Å². The van der Waals surface area contributed by atoms with Crippen LogP contribution in [-0.4, -0.2) is 31.5 Å². The minimum absolute atomic E-state index is 0.130. The smallest absolute Gasteiger partial charge is 0.120 e. The van der Waals surface area contributed by atoms with Gasteiger partial charge in [0.1, 0.15) is 12.4 Å². The average Bonchev–Trinajstić information content (AvgIpc) is 2.55. The van der Waals surface area contributed by atoms with Gasteiger partial charge in [0, 0.05) is 12.2 Å². The Balaban J connectivity index is 1.57. The summed E-state index contributed by atoms with van der Waals surface area (Å²) >= 11 is 0. The van der Waals surface area contributed by atoms with E-state index in [-0.39, 0.29) is 12.0 Å². The standard InChI is InChI=1S/C19H23NO3/c1-15-9-17(23-10-16-5-3-2-4-6-16)7-8-18(15)20-11-19(12-21)13-22-14-19/h2-9,20-21H,10-14H2,1H3. The lowest BCUT2D eigenvalue weighted by Gasteiger charge is -2.40. The summed E-state index contributed by atoms with van der Waals surface area (Å²) in [6.07, 6.45) is 0. The topological polar surface area (TPSA) is 50.7 Å². The molecule has 0 amide bonds. The van der Waals surface area contributed by atoms with E-state index in [0.29, 0.717) is 26.4 Å². The summed E-state index contributed by atoms with van der Waals surface area (Å²) in [5.41, 5.74) is 3.22. The largest absolute Gasteiger partial charge is 0.489 e. The number of benzene rings is 2. The van der Waals surface area contributed by atoms with Gasteiger partial charge in [-0.05, 0) is 36.2 Å². The van der Waals surface area contributed by atoms with Crippen molar-refractivity contribution in [2.75, 3.05) is 31.7 Å². The van der Waals surface area contributed by atoms with Crippen LogP contribution in [0.15, 0.2) is 48.5 Å². The molecule has 2 aromatic rings. The minimum Gasteiger partial charge on any atom is -0.489 e. The molecule has 1 aliphatic heterocycles. The summed E-state index contributed by atoms with van der Waals surface area (Å²) in [5.74, 6) is 0.862. The van der Waals surface area contributed by atoms with Crippen molar-refractivity contribution in [1.29, 1.82) is 0 Å². The maximum Gasteiger partial charge on any atom is 0.120 e. The number of ether oxygens (including phenoxy) is 2. The van der Waals surface area contributed by atoms with E-state index < -0.39 is 0 Å². The van der Waals surface area contributed by atoms with Gasteiger partial charge >= 0.3 is 0 Å². The zero-order chi connectivity index (χ0) is 16.1. The Morgan fingerprint density at radius 3 is 2.57 bits per heavy atom. The van der Waals surface area contributed by atoms with Crippen LogP contribution in [0.5, 0.6) is 5.75 Å². The first-order valence-corrected chi connectivity index (χ1v) is 7.91. The Morgan fingerprint density at radius 1 is 1.17 bits per heavy atom. The van der Waals surface area contributed by atoms with Crippen LogP contribution in [-0.2, 0) is 11.3 Å². The first-order valence-electron chi connectivity index (χ1n) is 7.91. The van der Waals surface area contributed by atoms with Gasteiger partial charge in [-0.3, -0.25) is 0 Å². The Labute approximate surface area is 137 Å². The normalized spacial score (nSPS) is 15.7. The number of rotatable bonds is 7. The highest BCUT2D eigenvalue weighted by Crippen LogP contribution is 2.29. The van der Waals surface area contributed by atoms with Gasteiger partial charge in [0.2, 0.25) is 0 Å². The number of anilines is 1. The van der Waals surface area contributed by atoms with Crippen molar-refractivity contribution < 1.29 is 14.6 Å². The van der Waals surface area contributed by atoms with Gasteiger partial charge in [-0.1, -0.05) is 30.3 Å². The van der Waals surface area contributed by atoms with Crippen molar-refractivity contribution in [1.82, 2.24) is 0 Å². The van der Waals surface area contributed by atoms with Gasteiger partial charge in [-0.15, -0.1) is 0 Å². The van der Waals surface area contributed by atoms with E-state index in [1.54, 1.807) is 0 Å². The molecule has 0 radical (unpaired) electrons. The third-order valence-corrected chi connectivity index (χ3v) is 4.25. The number of nitrogens with one attached hydrogen (secondary N) is 1. The highest BCUT2D eigenvalue weighted by molar-refractivity contribution is 5.53. The van der Waals surface area contributed by atoms with Gasteiger partial charge in [0.05, 0.1) is 25.2 Å². The predicted molar refractivity (Wildman–Crippen MR) is 90.8 cm³/mol. The highest BCUT2D eigenvalue weighted by atomic mass is 16.5. The van der Waals surface area contributed by atoms with Crippen molar-refractivity contribution in [3.63, 3.8) is 0 Å². The lowest BCUT2D eigenvalue weighted by Crippen LogP contribution is -2.50. The lowest BCUT2D eigenvalue weighted by atomic mass is 9.87. The van der Waals surface area contributed by atoms with Gasteiger partial charge in [0.15, 0.2) is 0 Å². The molecule has 1 aliphatic rings. The van der Waals surface area contributed by atoms with Crippen molar-refractivity contribution >= 4 is 5.69 Å². The van der Waals surface area contributed by atoms with E-state index in [0.717, 1.165) is 22.6 Å². The van der Waals surface area contributed by atoms with Crippen LogP contribution >= 0.6 is 0 Å². The third-order valence-electron chi connectivity index (χ3n) is 4.25. The molecule has 0 aromatic heterocycles. The van der Waals surface area contributed by atoms with Crippen molar-refractivity contribution in [3.8, 4) is 5.75 Å². The Kier molecular flexibility index (Phi) is 4.84. The van der Waals surface area contributed by atoms with Crippen LogP contribution in [0.3, 0.4) is 0 Å². The quantitative estimate of drug-likeness (QED) is 0.825. The lowest BCUT2D eigenvalue weighted by molar-refractivity contribution is -0.128. The van der Waals surface area contributed by atoms with Crippen LogP contribution in [0, 0.1) is 12.3 Å². The molecule has 0 saturated carbocycles. The Bertz CT molecular complexity index is 633. The summed E-state index contributed by atoms with van der Waals surface area (Å²) in [5, 5.41) is 12.9. The first kappa shape index (κ1) is 15.8. The molecule has 4 heteroatoms. The second-order valence-corrected chi connectivity index (χ2v) is 6.26. The molecule has 0 unspecified atom stereocenters. The molecule has 3 rings (SSSR count). The van der Waals surface area contributed by atoms with Crippen LogP contribution in [0.25, 0.3) is 0 Å². The summed E-state index contributed by atoms with van der Waals surface area (Å²) < 4.78 is 11.1. The highest BCUT2D eigenvalue weighted by Gasteiger charge is 2.37. The first-order chi connectivity index (χ1) is 11.2. The maximum absolute atomic E-state index is 9.47. The summed E-state index contributed by atoms with van der Waals surface area (Å²) in [7, 11) is 0. The van der Waals surface area contributed by atoms with Crippen molar-refractivity contribution in [2.45, 2.75) is 13.5 Å². The summed E-state index contributed by atoms with van der Waals surface area (Å²) in [6, 6.07) is 16.2. The molecule has 23 heavy (non-hydrogen) atoms. The van der Waals surface area contributed by atoms with Crippen molar-refractivity contribution in [3.05, 3.63) is 59.7 Å². The molecular formula is C19H23NO3. The zero-order valence-electron chi connectivity index (χ0n) is 13.4. The molecule has 1 saturated heterocycles. The van der Waals surface area contributed by atoms with Gasteiger partial charge < -0.3 is 19.9 Å². The van der Waals surface area contributed by atoms with E-state index in [4.69, 9.17) is 9.47 Å². The SMILES string of the molecule is Cc1cc(OCc2ccccc2)ccc1NCC1(CO)COC1. The molecular weight excluding hydrogens is 290 g/mol. The molecule has 2 N–H and O–H groups in total. The molecule has 0 atom stereocenters. The fraction of sp³-hybridized carbons (Fsp3) is 0.368. The summed E-state index contributed by atoms with van der Waals surface area (Å²) in [6.45, 7) is 4.73. The fourth-order valence-electron chi connectivity index (χ4n) is 2.59. The molecule has 0 aliphatic carbocycles. The molecule has 122 valence electrons. The number of aryl methyl sites for hydroxylation is 1. The molecule has 2 aromatic carbocycles. The fourth-order valence-corrected chi connectivity index (χ4v) is 2.59. The summed E-state index contributed by atoms with van der Waals surface area (Å²) in [4.78, 5) is 0. The van der Waals surface area contributed by atoms with E-state index in [2.05, 4.69) is 24.4 Å². The molecule has 1 heterocycles. The number of hydrogen-bond acceptors (Lipinski definition) is 4. The maximum atomic E-state index is 9.47. The molecule has 1 fully saturated rings. The second-order valence-electron chi connectivity index (χ2n) is 6.26. The van der Waals surface area contributed by atoms with Gasteiger partial charge in [-0.25, -0.2) is 0 Å². The second kappa shape index (κ2) is 7.02. The number of aliphatic hydroxyl groups excluding tert-OH is 1. The van der Waals surface area contributed by atoms with E-state index in [9.17, 15) is 5.11 Å². The number of aliphatic hydroxyl groups is 1.